The van der Waals surface area contributed by atoms with Gasteiger partial charge in [-0.15, -0.1) is 11.3 Å². The second-order valence-corrected chi connectivity index (χ2v) is 6.33. The number of amides is 2. The summed E-state index contributed by atoms with van der Waals surface area (Å²) in [6.07, 6.45) is 1.15. The smallest absolute Gasteiger partial charge is 0.338 e. The molecule has 1 aliphatic rings. The van der Waals surface area contributed by atoms with Crippen LogP contribution in [0.2, 0.25) is 0 Å². The van der Waals surface area contributed by atoms with Gasteiger partial charge in [0.15, 0.2) is 0 Å². The maximum absolute atomic E-state index is 11.7. The van der Waals surface area contributed by atoms with E-state index in [9.17, 15) is 14.7 Å². The van der Waals surface area contributed by atoms with E-state index in [1.54, 1.807) is 6.92 Å². The summed E-state index contributed by atoms with van der Waals surface area (Å²) in [5, 5.41) is 15.0. The van der Waals surface area contributed by atoms with Crippen molar-refractivity contribution in [1.82, 2.24) is 5.32 Å². The van der Waals surface area contributed by atoms with E-state index in [2.05, 4.69) is 17.6 Å². The molecular weight excluding hydrogens is 264 g/mol. The second kappa shape index (κ2) is 5.21. The highest BCUT2D eigenvalue weighted by Crippen LogP contribution is 2.37. The lowest BCUT2D eigenvalue weighted by Gasteiger charge is -2.06. The number of aryl methyl sites for hydroxylation is 1. The van der Waals surface area contributed by atoms with Crippen molar-refractivity contribution in [3.05, 3.63) is 16.0 Å². The van der Waals surface area contributed by atoms with Crippen LogP contribution in [0.4, 0.5) is 9.80 Å². The van der Waals surface area contributed by atoms with Gasteiger partial charge in [0.05, 0.1) is 5.56 Å². The van der Waals surface area contributed by atoms with E-state index in [0.29, 0.717) is 28.9 Å². The summed E-state index contributed by atoms with van der Waals surface area (Å²) in [7, 11) is 0. The number of carbonyl (C=O) groups is 2. The lowest BCUT2D eigenvalue weighted by atomic mass is 10.1. The molecule has 3 N–H and O–H groups in total. The van der Waals surface area contributed by atoms with E-state index in [4.69, 9.17) is 0 Å². The minimum Gasteiger partial charge on any atom is -0.478 e. The molecule has 0 saturated heterocycles. The topological polar surface area (TPSA) is 78.4 Å². The monoisotopic (exact) mass is 282 g/mol. The molecule has 0 radical (unpaired) electrons. The second-order valence-electron chi connectivity index (χ2n) is 5.10. The first-order valence-electron chi connectivity index (χ1n) is 6.28. The van der Waals surface area contributed by atoms with Gasteiger partial charge in [-0.2, -0.15) is 0 Å². The van der Waals surface area contributed by atoms with Gasteiger partial charge in [-0.3, -0.25) is 5.32 Å². The summed E-state index contributed by atoms with van der Waals surface area (Å²) in [4.78, 5) is 23.8. The van der Waals surface area contributed by atoms with Gasteiger partial charge in [-0.1, -0.05) is 6.92 Å². The van der Waals surface area contributed by atoms with Gasteiger partial charge < -0.3 is 10.4 Å². The molecule has 19 heavy (non-hydrogen) atoms. The van der Waals surface area contributed by atoms with Crippen molar-refractivity contribution in [3.63, 3.8) is 0 Å². The Morgan fingerprint density at radius 1 is 1.42 bits per heavy atom. The van der Waals surface area contributed by atoms with Gasteiger partial charge in [-0.25, -0.2) is 9.59 Å². The summed E-state index contributed by atoms with van der Waals surface area (Å²) in [6.45, 7) is 6.41. The predicted octanol–water partition coefficient (Wildman–Crippen LogP) is 2.84. The molecule has 1 fully saturated rings. The van der Waals surface area contributed by atoms with Crippen molar-refractivity contribution in [2.45, 2.75) is 27.2 Å². The predicted molar refractivity (Wildman–Crippen MR) is 75.0 cm³/mol. The molecule has 0 bridgehead atoms. The molecule has 1 aromatic rings. The first-order chi connectivity index (χ1) is 8.90. The largest absolute Gasteiger partial charge is 0.478 e. The molecular formula is C13H18N2O3S. The zero-order valence-corrected chi connectivity index (χ0v) is 12.1. The fourth-order valence-corrected chi connectivity index (χ4v) is 3.07. The van der Waals surface area contributed by atoms with Crippen LogP contribution in [0.3, 0.4) is 0 Å². The number of urea groups is 1. The van der Waals surface area contributed by atoms with Crippen LogP contribution in [0.5, 0.6) is 0 Å². The Morgan fingerprint density at radius 2 is 2.05 bits per heavy atom. The van der Waals surface area contributed by atoms with Gasteiger partial charge in [0.1, 0.15) is 5.00 Å². The minimum absolute atomic E-state index is 0.192. The molecule has 0 aliphatic heterocycles. The normalized spacial score (nSPS) is 21.0. The standard InChI is InChI=1S/C13H18N2O3S/c1-6-4-9(6)5-14-13(18)15-11-10(12(16)17)7(2)8(3)19-11/h6,9H,4-5H2,1-3H3,(H,16,17)(H2,14,15,18). The van der Waals surface area contributed by atoms with Crippen LogP contribution in [0.15, 0.2) is 0 Å². The van der Waals surface area contributed by atoms with Crippen molar-refractivity contribution in [3.8, 4) is 0 Å². The van der Waals surface area contributed by atoms with Crippen molar-refractivity contribution in [2.75, 3.05) is 11.9 Å². The lowest BCUT2D eigenvalue weighted by molar-refractivity contribution is 0.0697. The van der Waals surface area contributed by atoms with E-state index in [-0.39, 0.29) is 11.6 Å². The van der Waals surface area contributed by atoms with Crippen molar-refractivity contribution in [2.24, 2.45) is 11.8 Å². The van der Waals surface area contributed by atoms with E-state index in [1.807, 2.05) is 6.92 Å². The van der Waals surface area contributed by atoms with Crippen molar-refractivity contribution < 1.29 is 14.7 Å². The van der Waals surface area contributed by atoms with Gasteiger partial charge in [0.2, 0.25) is 0 Å². The number of carboxylic acid groups (broad SMARTS) is 1. The molecule has 0 aromatic carbocycles. The number of hydrogen-bond acceptors (Lipinski definition) is 3. The lowest BCUT2D eigenvalue weighted by Crippen LogP contribution is -2.30. The quantitative estimate of drug-likeness (QED) is 0.794. The van der Waals surface area contributed by atoms with Crippen LogP contribution in [-0.4, -0.2) is 23.7 Å². The zero-order chi connectivity index (χ0) is 14.2. The van der Waals surface area contributed by atoms with Crippen LogP contribution >= 0.6 is 11.3 Å². The highest BCUT2D eigenvalue weighted by atomic mass is 32.1. The first-order valence-corrected chi connectivity index (χ1v) is 7.10. The average Bonchev–Trinajstić information content (AvgIpc) is 2.94. The van der Waals surface area contributed by atoms with Crippen LogP contribution in [0.1, 0.15) is 34.1 Å². The summed E-state index contributed by atoms with van der Waals surface area (Å²) >= 11 is 1.30. The number of anilines is 1. The van der Waals surface area contributed by atoms with E-state index >= 15 is 0 Å². The summed E-state index contributed by atoms with van der Waals surface area (Å²) in [6, 6.07) is -0.331. The highest BCUT2D eigenvalue weighted by Gasteiger charge is 2.32. The first kappa shape index (κ1) is 13.9. The van der Waals surface area contributed by atoms with Gasteiger partial charge >= 0.3 is 12.0 Å². The molecule has 1 aliphatic carbocycles. The molecule has 0 spiro atoms. The van der Waals surface area contributed by atoms with Gasteiger partial charge in [-0.05, 0) is 37.7 Å². The third-order valence-electron chi connectivity index (χ3n) is 3.63. The molecule has 2 unspecified atom stereocenters. The Bertz CT molecular complexity index is 524. The average molecular weight is 282 g/mol. The van der Waals surface area contributed by atoms with E-state index < -0.39 is 5.97 Å². The van der Waals surface area contributed by atoms with Crippen molar-refractivity contribution >= 4 is 28.3 Å². The SMILES string of the molecule is Cc1sc(NC(=O)NCC2CC2C)c(C(=O)O)c1C. The number of carbonyl (C=O) groups excluding carboxylic acids is 1. The molecule has 1 heterocycles. The zero-order valence-electron chi connectivity index (χ0n) is 11.2. The molecule has 5 nitrogen and oxygen atoms in total. The summed E-state index contributed by atoms with van der Waals surface area (Å²) < 4.78 is 0. The number of rotatable bonds is 4. The number of hydrogen-bond donors (Lipinski definition) is 3. The Morgan fingerprint density at radius 3 is 2.58 bits per heavy atom. The third kappa shape index (κ3) is 3.07. The van der Waals surface area contributed by atoms with Gasteiger partial charge in [0, 0.05) is 11.4 Å². The van der Waals surface area contributed by atoms with Gasteiger partial charge in [0.25, 0.3) is 0 Å². The van der Waals surface area contributed by atoms with Crippen LogP contribution in [-0.2, 0) is 0 Å². The minimum atomic E-state index is -1.01. The Balaban J connectivity index is 2.00. The molecule has 6 heteroatoms. The molecule has 1 saturated carbocycles. The summed E-state index contributed by atoms with van der Waals surface area (Å²) in [5.41, 5.74) is 0.904. The van der Waals surface area contributed by atoms with Crippen LogP contribution in [0.25, 0.3) is 0 Å². The fourth-order valence-electron chi connectivity index (χ4n) is 2.03. The molecule has 2 atom stereocenters. The van der Waals surface area contributed by atoms with E-state index in [0.717, 1.165) is 11.3 Å². The van der Waals surface area contributed by atoms with Crippen LogP contribution in [0, 0.1) is 25.7 Å². The Hall–Kier alpha value is -1.56. The fraction of sp³-hybridized carbons (Fsp3) is 0.538. The Kier molecular flexibility index (Phi) is 3.80. The van der Waals surface area contributed by atoms with Crippen molar-refractivity contribution in [1.29, 1.82) is 0 Å². The molecule has 2 amide bonds. The number of nitrogens with one attached hydrogen (secondary N) is 2. The number of thiophene rings is 1. The maximum atomic E-state index is 11.7. The maximum Gasteiger partial charge on any atom is 0.338 e. The molecule has 1 aromatic heterocycles. The summed E-state index contributed by atoms with van der Waals surface area (Å²) in [5.74, 6) is 0.241. The molecule has 104 valence electrons. The third-order valence-corrected chi connectivity index (χ3v) is 4.75. The molecule has 2 rings (SSSR count). The number of aromatic carboxylic acids is 1. The van der Waals surface area contributed by atoms with Crippen LogP contribution < -0.4 is 10.6 Å². The van der Waals surface area contributed by atoms with E-state index in [1.165, 1.54) is 11.3 Å². The highest BCUT2D eigenvalue weighted by molar-refractivity contribution is 7.16. The number of carboxylic acids is 1. The Labute approximate surface area is 116 Å².